The Morgan fingerprint density at radius 1 is 0.622 bits per heavy atom. The highest BCUT2D eigenvalue weighted by atomic mass is 31.2. The fraction of sp³-hybridized carbons (Fsp3) is 1.00. The van der Waals surface area contributed by atoms with Crippen molar-refractivity contribution in [1.82, 2.24) is 0 Å². The molecule has 0 amide bonds. The van der Waals surface area contributed by atoms with E-state index in [0.717, 1.165) is 0 Å². The second-order valence-corrected chi connectivity index (χ2v) is 12.7. The molecule has 0 bridgehead atoms. The largest absolute Gasteiger partial charge is 0.472 e. The van der Waals surface area contributed by atoms with E-state index >= 15 is 0 Å². The molecular weight excluding hydrogens is 670 g/mol. The molecule has 2 rings (SSSR count). The van der Waals surface area contributed by atoms with Crippen molar-refractivity contribution in [3.8, 4) is 0 Å². The standard InChI is InChI=1S/C20H40O23P2/c21-1-7(24)13(28)9(26)5-38-45(35,36)43-18-12(3-23)41-20(16(18)31)37-4-8(25)14(29)10(27)6-39-44(33,34)42-17-11(2-22)40-19(32)15(17)30/h7-32H,1-6H2,(H,33,34)(H,35,36)/t7-,8-,9+,10+,11+,12+,13-,14-,15+,16+,17+,18+,19+,20+/m0/s1. The minimum Gasteiger partial charge on any atom is -0.394 e. The molecule has 2 aliphatic heterocycles. The number of hydrogen-bond acceptors (Lipinski definition) is 21. The minimum atomic E-state index is -5.16. The molecule has 2 aliphatic rings. The van der Waals surface area contributed by atoms with Gasteiger partial charge in [0, 0.05) is 0 Å². The van der Waals surface area contributed by atoms with Gasteiger partial charge in [-0.1, -0.05) is 0 Å². The molecule has 2 heterocycles. The summed E-state index contributed by atoms with van der Waals surface area (Å²) >= 11 is 0. The SMILES string of the molecule is O=P(O)(OC[C@@H](O)[C@@H](O)[C@@H](O)CO[C@@H]1O[C@H](CO)[C@@H](OP(=O)(O)OC[C@@H](O)[C@@H](O)[C@@H](O)CO)[C@H]1O)O[C@H]1[C@@H](O)[C@H](O)O[C@@H]1CO. The summed E-state index contributed by atoms with van der Waals surface area (Å²) in [4.78, 5) is 19.8. The predicted molar refractivity (Wildman–Crippen MR) is 136 cm³/mol. The molecule has 2 saturated heterocycles. The minimum absolute atomic E-state index is 0.822. The Hall–Kier alpha value is -0.380. The van der Waals surface area contributed by atoms with E-state index in [0.29, 0.717) is 0 Å². The van der Waals surface area contributed by atoms with Crippen LogP contribution in [0.3, 0.4) is 0 Å². The summed E-state index contributed by atoms with van der Waals surface area (Å²) in [5.74, 6) is 0. The smallest absolute Gasteiger partial charge is 0.394 e. The molecule has 0 aromatic rings. The van der Waals surface area contributed by atoms with E-state index in [-0.39, 0.29) is 0 Å². The van der Waals surface area contributed by atoms with E-state index in [1.807, 2.05) is 0 Å². The zero-order valence-corrected chi connectivity index (χ0v) is 24.9. The van der Waals surface area contributed by atoms with Gasteiger partial charge in [0.1, 0.15) is 73.2 Å². The average molecular weight is 710 g/mol. The van der Waals surface area contributed by atoms with Crippen LogP contribution < -0.4 is 0 Å². The number of hydrogen-bond donors (Lipinski definition) is 14. The zero-order valence-electron chi connectivity index (χ0n) is 23.2. The molecule has 0 radical (unpaired) electrons. The fourth-order valence-corrected chi connectivity index (χ4v) is 5.88. The molecule has 0 spiro atoms. The van der Waals surface area contributed by atoms with E-state index < -0.39 is 141 Å². The van der Waals surface area contributed by atoms with Gasteiger partial charge in [-0.05, 0) is 0 Å². The van der Waals surface area contributed by atoms with Crippen LogP contribution in [0.25, 0.3) is 0 Å². The third-order valence-electron chi connectivity index (χ3n) is 6.48. The van der Waals surface area contributed by atoms with Crippen molar-refractivity contribution in [3.63, 3.8) is 0 Å². The van der Waals surface area contributed by atoms with Gasteiger partial charge in [0.05, 0.1) is 39.6 Å². The Kier molecular flexibility index (Phi) is 16.2. The van der Waals surface area contributed by atoms with E-state index in [2.05, 4.69) is 13.6 Å². The van der Waals surface area contributed by atoms with E-state index in [4.69, 9.17) is 23.8 Å². The Labute approximate surface area is 254 Å². The van der Waals surface area contributed by atoms with E-state index in [1.54, 1.807) is 0 Å². The predicted octanol–water partition coefficient (Wildman–Crippen LogP) is -7.69. The first kappa shape index (κ1) is 40.8. The first-order valence-electron chi connectivity index (χ1n) is 13.1. The van der Waals surface area contributed by atoms with Crippen LogP contribution in [0.2, 0.25) is 0 Å². The molecule has 0 saturated carbocycles. The summed E-state index contributed by atoms with van der Waals surface area (Å²) in [7, 11) is -10.3. The van der Waals surface area contributed by atoms with E-state index in [1.165, 1.54) is 0 Å². The van der Waals surface area contributed by atoms with Crippen molar-refractivity contribution >= 4 is 15.6 Å². The van der Waals surface area contributed by atoms with Crippen LogP contribution in [0.5, 0.6) is 0 Å². The third kappa shape index (κ3) is 11.6. The van der Waals surface area contributed by atoms with Crippen LogP contribution in [-0.4, -0.2) is 197 Å². The van der Waals surface area contributed by atoms with Gasteiger partial charge >= 0.3 is 15.6 Å². The van der Waals surface area contributed by atoms with Crippen LogP contribution >= 0.6 is 15.6 Å². The van der Waals surface area contributed by atoms with Gasteiger partial charge in [0.2, 0.25) is 0 Å². The van der Waals surface area contributed by atoms with Gasteiger partial charge < -0.3 is 85.3 Å². The molecule has 0 aromatic heterocycles. The van der Waals surface area contributed by atoms with Crippen molar-refractivity contribution in [1.29, 1.82) is 0 Å². The van der Waals surface area contributed by atoms with Crippen LogP contribution in [0, 0.1) is 0 Å². The number of ether oxygens (including phenoxy) is 3. The van der Waals surface area contributed by atoms with Gasteiger partial charge in [-0.3, -0.25) is 18.1 Å². The third-order valence-corrected chi connectivity index (χ3v) is 8.45. The lowest BCUT2D eigenvalue weighted by Crippen LogP contribution is -2.44. The van der Waals surface area contributed by atoms with Crippen LogP contribution in [0.15, 0.2) is 0 Å². The lowest BCUT2D eigenvalue weighted by atomic mass is 10.1. The Balaban J connectivity index is 1.86. The maximum Gasteiger partial charge on any atom is 0.472 e. The molecule has 0 aliphatic carbocycles. The fourth-order valence-electron chi connectivity index (χ4n) is 3.94. The van der Waals surface area contributed by atoms with Crippen molar-refractivity contribution in [2.24, 2.45) is 0 Å². The summed E-state index contributed by atoms with van der Waals surface area (Å²) in [6, 6.07) is 0. The Morgan fingerprint density at radius 2 is 1.04 bits per heavy atom. The summed E-state index contributed by atoms with van der Waals surface area (Å²) in [5, 5.41) is 116. The maximum atomic E-state index is 12.3. The van der Waals surface area contributed by atoms with Crippen molar-refractivity contribution in [3.05, 3.63) is 0 Å². The molecule has 2 fully saturated rings. The molecule has 2 unspecified atom stereocenters. The van der Waals surface area contributed by atoms with Gasteiger partial charge in [-0.25, -0.2) is 9.13 Å². The summed E-state index contributed by atoms with van der Waals surface area (Å²) in [6.45, 7) is -5.85. The van der Waals surface area contributed by atoms with Crippen LogP contribution in [-0.2, 0) is 41.4 Å². The second kappa shape index (κ2) is 17.9. The lowest BCUT2D eigenvalue weighted by molar-refractivity contribution is -0.194. The number of rotatable bonds is 20. The quantitative estimate of drug-likeness (QED) is 0.0522. The summed E-state index contributed by atoms with van der Waals surface area (Å²) in [6.07, 6.45) is -25.9. The van der Waals surface area contributed by atoms with Gasteiger partial charge in [0.15, 0.2) is 12.6 Å². The van der Waals surface area contributed by atoms with Crippen molar-refractivity contribution in [2.45, 2.75) is 85.8 Å². The van der Waals surface area contributed by atoms with Gasteiger partial charge in [0.25, 0.3) is 0 Å². The van der Waals surface area contributed by atoms with Gasteiger partial charge in [-0.15, -0.1) is 0 Å². The highest BCUT2D eigenvalue weighted by molar-refractivity contribution is 7.47. The monoisotopic (exact) mass is 710 g/mol. The first-order valence-corrected chi connectivity index (χ1v) is 16.1. The molecule has 268 valence electrons. The lowest BCUT2D eigenvalue weighted by Gasteiger charge is -2.26. The zero-order chi connectivity index (χ0) is 34.3. The Morgan fingerprint density at radius 3 is 1.51 bits per heavy atom. The Bertz CT molecular complexity index is 977. The summed E-state index contributed by atoms with van der Waals surface area (Å²) < 4.78 is 57.9. The number of aliphatic hydroxyl groups excluding tert-OH is 12. The molecule has 14 N–H and O–H groups in total. The number of phosphoric acid groups is 2. The highest BCUT2D eigenvalue weighted by Gasteiger charge is 2.50. The van der Waals surface area contributed by atoms with Crippen LogP contribution in [0.4, 0.5) is 0 Å². The normalized spacial score (nSPS) is 35.7. The first-order chi connectivity index (χ1) is 20.9. The van der Waals surface area contributed by atoms with Crippen molar-refractivity contribution in [2.75, 3.05) is 39.6 Å². The van der Waals surface area contributed by atoms with Gasteiger partial charge in [-0.2, -0.15) is 0 Å². The molecule has 0 aromatic carbocycles. The van der Waals surface area contributed by atoms with Crippen molar-refractivity contribution < 1.29 is 113 Å². The number of phosphoric ester groups is 2. The molecule has 23 nitrogen and oxygen atoms in total. The molecule has 25 heteroatoms. The second-order valence-electron chi connectivity index (χ2n) is 9.89. The topological polar surface area (TPSA) is 382 Å². The summed E-state index contributed by atoms with van der Waals surface area (Å²) in [5.41, 5.74) is 0. The molecule has 16 atom stereocenters. The number of aliphatic hydroxyl groups is 12. The maximum absolute atomic E-state index is 12.3. The molecule has 45 heavy (non-hydrogen) atoms. The van der Waals surface area contributed by atoms with E-state index in [9.17, 15) is 75.1 Å². The average Bonchev–Trinajstić information content (AvgIpc) is 3.44. The highest BCUT2D eigenvalue weighted by Crippen LogP contribution is 2.48. The molecular formula is C20H40O23P2. The van der Waals surface area contributed by atoms with Crippen LogP contribution in [0.1, 0.15) is 0 Å².